The number of benzene rings is 1. The Balaban J connectivity index is 3.04. The molecule has 0 spiro atoms. The molecule has 0 saturated heterocycles. The van der Waals surface area contributed by atoms with E-state index in [9.17, 15) is 4.79 Å². The Bertz CT molecular complexity index is 391. The van der Waals surface area contributed by atoms with Crippen molar-refractivity contribution in [1.82, 2.24) is 0 Å². The summed E-state index contributed by atoms with van der Waals surface area (Å²) >= 11 is 3.47. The van der Waals surface area contributed by atoms with E-state index in [-0.39, 0.29) is 11.4 Å². The lowest BCUT2D eigenvalue weighted by Crippen LogP contribution is -2.12. The second-order valence-electron chi connectivity index (χ2n) is 4.85. The smallest absolute Gasteiger partial charge is 0.309 e. The van der Waals surface area contributed by atoms with Gasteiger partial charge in [-0.2, -0.15) is 0 Å². The average molecular weight is 285 g/mol. The van der Waals surface area contributed by atoms with Crippen LogP contribution in [0.1, 0.15) is 31.9 Å². The minimum absolute atomic E-state index is 0.0780. The molecule has 0 bridgehead atoms. The van der Waals surface area contributed by atoms with Gasteiger partial charge in [0, 0.05) is 4.47 Å². The molecule has 0 fully saturated rings. The lowest BCUT2D eigenvalue weighted by atomic mass is 9.86. The van der Waals surface area contributed by atoms with Gasteiger partial charge in [0.2, 0.25) is 0 Å². The maximum Gasteiger partial charge on any atom is 0.309 e. The molecule has 88 valence electrons. The van der Waals surface area contributed by atoms with Crippen molar-refractivity contribution in [2.75, 3.05) is 7.11 Å². The molecule has 0 saturated carbocycles. The van der Waals surface area contributed by atoms with Crippen molar-refractivity contribution in [2.45, 2.75) is 32.6 Å². The lowest BCUT2D eigenvalue weighted by Gasteiger charge is -2.20. The first-order valence-electron chi connectivity index (χ1n) is 5.19. The van der Waals surface area contributed by atoms with E-state index in [4.69, 9.17) is 0 Å². The van der Waals surface area contributed by atoms with E-state index in [1.54, 1.807) is 0 Å². The van der Waals surface area contributed by atoms with Crippen molar-refractivity contribution in [2.24, 2.45) is 0 Å². The first kappa shape index (κ1) is 13.2. The van der Waals surface area contributed by atoms with Crippen LogP contribution >= 0.6 is 15.9 Å². The predicted octanol–water partition coefficient (Wildman–Crippen LogP) is 3.46. The summed E-state index contributed by atoms with van der Waals surface area (Å²) in [6.45, 7) is 6.45. The highest BCUT2D eigenvalue weighted by molar-refractivity contribution is 9.10. The van der Waals surface area contributed by atoms with E-state index in [1.807, 2.05) is 6.07 Å². The van der Waals surface area contributed by atoms with Crippen LogP contribution in [0, 0.1) is 0 Å². The number of methoxy groups -OCH3 is 1. The van der Waals surface area contributed by atoms with Gasteiger partial charge in [0.15, 0.2) is 0 Å². The topological polar surface area (TPSA) is 26.3 Å². The van der Waals surface area contributed by atoms with Gasteiger partial charge in [-0.15, -0.1) is 0 Å². The Morgan fingerprint density at radius 3 is 2.44 bits per heavy atom. The molecule has 0 N–H and O–H groups in total. The van der Waals surface area contributed by atoms with Crippen molar-refractivity contribution in [3.05, 3.63) is 33.8 Å². The fraction of sp³-hybridized carbons (Fsp3) is 0.462. The van der Waals surface area contributed by atoms with Gasteiger partial charge in [-0.25, -0.2) is 0 Å². The van der Waals surface area contributed by atoms with Crippen molar-refractivity contribution < 1.29 is 9.53 Å². The molecule has 0 atom stereocenters. The van der Waals surface area contributed by atoms with Crippen LogP contribution in [0.4, 0.5) is 0 Å². The highest BCUT2D eigenvalue weighted by Crippen LogP contribution is 2.27. The largest absolute Gasteiger partial charge is 0.469 e. The van der Waals surface area contributed by atoms with Gasteiger partial charge in [-0.3, -0.25) is 4.79 Å². The first-order valence-corrected chi connectivity index (χ1v) is 5.99. The fourth-order valence-electron chi connectivity index (χ4n) is 1.42. The molecular formula is C13H17BrO2. The Kier molecular flexibility index (Phi) is 4.14. The zero-order valence-corrected chi connectivity index (χ0v) is 11.7. The summed E-state index contributed by atoms with van der Waals surface area (Å²) in [5.74, 6) is -0.210. The van der Waals surface area contributed by atoms with Crippen molar-refractivity contribution in [3.63, 3.8) is 0 Å². The van der Waals surface area contributed by atoms with Crippen LogP contribution in [-0.4, -0.2) is 13.1 Å². The molecule has 2 nitrogen and oxygen atoms in total. The zero-order chi connectivity index (χ0) is 12.3. The summed E-state index contributed by atoms with van der Waals surface area (Å²) in [5.41, 5.74) is 2.26. The Morgan fingerprint density at radius 1 is 1.31 bits per heavy atom. The van der Waals surface area contributed by atoms with Crippen LogP contribution in [0.25, 0.3) is 0 Å². The first-order chi connectivity index (χ1) is 7.32. The van der Waals surface area contributed by atoms with Crippen LogP contribution < -0.4 is 0 Å². The molecular weight excluding hydrogens is 268 g/mol. The van der Waals surface area contributed by atoms with Crippen LogP contribution in [0.5, 0.6) is 0 Å². The molecule has 1 aromatic carbocycles. The Hall–Kier alpha value is -0.830. The number of ether oxygens (including phenoxy) is 1. The van der Waals surface area contributed by atoms with Gasteiger partial charge in [-0.1, -0.05) is 42.8 Å². The van der Waals surface area contributed by atoms with Gasteiger partial charge >= 0.3 is 5.97 Å². The third kappa shape index (κ3) is 3.63. The number of halogens is 1. The van der Waals surface area contributed by atoms with Crippen molar-refractivity contribution >= 4 is 21.9 Å². The van der Waals surface area contributed by atoms with E-state index in [2.05, 4.69) is 53.6 Å². The predicted molar refractivity (Wildman–Crippen MR) is 68.6 cm³/mol. The van der Waals surface area contributed by atoms with Gasteiger partial charge < -0.3 is 4.74 Å². The summed E-state index contributed by atoms with van der Waals surface area (Å²) in [6.07, 6.45) is 0.318. The quantitative estimate of drug-likeness (QED) is 0.778. The number of carbonyl (C=O) groups excluding carboxylic acids is 1. The molecule has 0 amide bonds. The van der Waals surface area contributed by atoms with Crippen LogP contribution in [0.2, 0.25) is 0 Å². The van der Waals surface area contributed by atoms with Gasteiger partial charge in [-0.05, 0) is 28.7 Å². The summed E-state index contributed by atoms with van der Waals surface area (Å²) in [7, 11) is 1.41. The second-order valence-corrected chi connectivity index (χ2v) is 5.77. The summed E-state index contributed by atoms with van der Waals surface area (Å²) < 4.78 is 5.66. The standard InChI is InChI=1S/C13H17BrO2/c1-13(2,3)10-5-9(6-11(14)8-10)7-12(15)16-4/h5-6,8H,7H2,1-4H3. The minimum atomic E-state index is -0.210. The number of hydrogen-bond donors (Lipinski definition) is 0. The highest BCUT2D eigenvalue weighted by Gasteiger charge is 2.15. The average Bonchev–Trinajstić information content (AvgIpc) is 2.15. The second kappa shape index (κ2) is 5.00. The molecule has 0 aliphatic heterocycles. The SMILES string of the molecule is COC(=O)Cc1cc(Br)cc(C(C)(C)C)c1. The monoisotopic (exact) mass is 284 g/mol. The summed E-state index contributed by atoms with van der Waals surface area (Å²) in [4.78, 5) is 11.2. The molecule has 16 heavy (non-hydrogen) atoms. The zero-order valence-electron chi connectivity index (χ0n) is 10.1. The van der Waals surface area contributed by atoms with Gasteiger partial charge in [0.25, 0.3) is 0 Å². The molecule has 1 aromatic rings. The molecule has 0 heterocycles. The highest BCUT2D eigenvalue weighted by atomic mass is 79.9. The summed E-state index contributed by atoms with van der Waals surface area (Å²) in [5, 5.41) is 0. The van der Waals surface area contributed by atoms with E-state index in [0.29, 0.717) is 6.42 Å². The third-order valence-corrected chi connectivity index (χ3v) is 2.86. The van der Waals surface area contributed by atoms with E-state index in [1.165, 1.54) is 12.7 Å². The molecule has 0 aliphatic carbocycles. The van der Waals surface area contributed by atoms with E-state index < -0.39 is 0 Å². The molecule has 0 aliphatic rings. The number of carbonyl (C=O) groups is 1. The molecule has 0 radical (unpaired) electrons. The van der Waals surface area contributed by atoms with E-state index in [0.717, 1.165) is 10.0 Å². The molecule has 3 heteroatoms. The Labute approximate surface area is 105 Å². The molecule has 0 unspecified atom stereocenters. The maximum atomic E-state index is 11.2. The maximum absolute atomic E-state index is 11.2. The van der Waals surface area contributed by atoms with Gasteiger partial charge in [0.1, 0.15) is 0 Å². The minimum Gasteiger partial charge on any atom is -0.469 e. The number of hydrogen-bond acceptors (Lipinski definition) is 2. The lowest BCUT2D eigenvalue weighted by molar-refractivity contribution is -0.139. The van der Waals surface area contributed by atoms with Gasteiger partial charge in [0.05, 0.1) is 13.5 Å². The number of rotatable bonds is 2. The number of esters is 1. The van der Waals surface area contributed by atoms with Crippen molar-refractivity contribution in [1.29, 1.82) is 0 Å². The molecule has 0 aromatic heterocycles. The van der Waals surface area contributed by atoms with Crippen molar-refractivity contribution in [3.8, 4) is 0 Å². The fourth-order valence-corrected chi connectivity index (χ4v) is 1.96. The van der Waals surface area contributed by atoms with E-state index >= 15 is 0 Å². The third-order valence-electron chi connectivity index (χ3n) is 2.40. The normalized spacial score (nSPS) is 11.3. The molecule has 1 rings (SSSR count). The van der Waals surface area contributed by atoms with Crippen LogP contribution in [0.15, 0.2) is 22.7 Å². The van der Waals surface area contributed by atoms with Crippen LogP contribution in [0.3, 0.4) is 0 Å². The van der Waals surface area contributed by atoms with Crippen LogP contribution in [-0.2, 0) is 21.4 Å². The Morgan fingerprint density at radius 2 is 1.94 bits per heavy atom. The summed E-state index contributed by atoms with van der Waals surface area (Å²) in [6, 6.07) is 6.09.